The average Bonchev–Trinajstić information content (AvgIpc) is 3.39. The Balaban J connectivity index is 1.50. The van der Waals surface area contributed by atoms with Gasteiger partial charge in [-0.2, -0.15) is 0 Å². The highest BCUT2D eigenvalue weighted by Gasteiger charge is 2.23. The van der Waals surface area contributed by atoms with E-state index in [4.69, 9.17) is 16.3 Å². The minimum absolute atomic E-state index is 0.0499. The van der Waals surface area contributed by atoms with Crippen LogP contribution in [0.5, 0.6) is 5.75 Å². The summed E-state index contributed by atoms with van der Waals surface area (Å²) in [6.07, 6.45) is 5.54. The molecule has 1 fully saturated rings. The molecule has 0 saturated heterocycles. The number of rotatable bonds is 11. The van der Waals surface area contributed by atoms with Crippen molar-refractivity contribution in [2.45, 2.75) is 50.4 Å². The van der Waals surface area contributed by atoms with Gasteiger partial charge in [0.2, 0.25) is 5.91 Å². The molecule has 6 nitrogen and oxygen atoms in total. The van der Waals surface area contributed by atoms with Crippen LogP contribution in [-0.2, 0) is 17.8 Å². The van der Waals surface area contributed by atoms with Gasteiger partial charge in [0.15, 0.2) is 5.16 Å². The second-order valence-corrected chi connectivity index (χ2v) is 8.17. The Morgan fingerprint density at radius 2 is 2.29 bits per heavy atom. The van der Waals surface area contributed by atoms with Crippen molar-refractivity contribution in [3.63, 3.8) is 0 Å². The second kappa shape index (κ2) is 9.98. The minimum atomic E-state index is 0.0499. The van der Waals surface area contributed by atoms with E-state index in [1.165, 1.54) is 11.8 Å². The fourth-order valence-electron chi connectivity index (χ4n) is 2.74. The Kier molecular flexibility index (Phi) is 7.39. The van der Waals surface area contributed by atoms with Gasteiger partial charge in [-0.1, -0.05) is 29.4 Å². The highest BCUT2D eigenvalue weighted by molar-refractivity contribution is 7.99. The van der Waals surface area contributed by atoms with E-state index >= 15 is 0 Å². The van der Waals surface area contributed by atoms with Gasteiger partial charge in [0.1, 0.15) is 11.6 Å². The van der Waals surface area contributed by atoms with Gasteiger partial charge in [0, 0.05) is 24.0 Å². The molecule has 3 rings (SSSR count). The monoisotopic (exact) mass is 420 g/mol. The Labute approximate surface area is 174 Å². The van der Waals surface area contributed by atoms with Crippen molar-refractivity contribution in [3.8, 4) is 5.75 Å². The summed E-state index contributed by atoms with van der Waals surface area (Å²) < 4.78 is 7.86. The van der Waals surface area contributed by atoms with Crippen LogP contribution in [0.2, 0.25) is 5.02 Å². The number of nitrogens with zero attached hydrogens (tertiary/aromatic N) is 3. The van der Waals surface area contributed by atoms with Gasteiger partial charge in [-0.05, 0) is 49.9 Å². The van der Waals surface area contributed by atoms with Crippen LogP contribution in [0.3, 0.4) is 0 Å². The predicted octanol–water partition coefficient (Wildman–Crippen LogP) is 3.81. The first kappa shape index (κ1) is 20.7. The standard InChI is InChI=1S/C20H25ClN4O2S/c1-3-10-25-18(5-4-11-27-17-9-6-15(21)12-14(17)2)23-24-20(25)28-13-19(26)22-16-7-8-16/h3,6,9,12,16H,1,4-5,7-8,10-11,13H2,2H3,(H,22,26). The number of aryl methyl sites for hydroxylation is 2. The maximum absolute atomic E-state index is 11.9. The van der Waals surface area contributed by atoms with E-state index in [0.717, 1.165) is 48.0 Å². The van der Waals surface area contributed by atoms with Crippen LogP contribution in [-0.4, -0.2) is 39.1 Å². The zero-order chi connectivity index (χ0) is 19.9. The van der Waals surface area contributed by atoms with Crippen LogP contribution in [0.1, 0.15) is 30.7 Å². The predicted molar refractivity (Wildman–Crippen MR) is 112 cm³/mol. The summed E-state index contributed by atoms with van der Waals surface area (Å²) in [4.78, 5) is 11.9. The number of allylic oxidation sites excluding steroid dienone is 1. The lowest BCUT2D eigenvalue weighted by atomic mass is 10.2. The fraction of sp³-hybridized carbons (Fsp3) is 0.450. The van der Waals surface area contributed by atoms with Crippen molar-refractivity contribution in [2.24, 2.45) is 0 Å². The molecule has 0 unspecified atom stereocenters. The number of halogens is 1. The number of thioether (sulfide) groups is 1. The molecular weight excluding hydrogens is 396 g/mol. The molecule has 0 radical (unpaired) electrons. The first-order valence-electron chi connectivity index (χ1n) is 9.41. The number of carbonyl (C=O) groups is 1. The molecule has 2 aromatic rings. The third kappa shape index (κ3) is 6.01. The molecule has 1 aromatic heterocycles. The number of aromatic nitrogens is 3. The van der Waals surface area contributed by atoms with Gasteiger partial charge in [0.05, 0.1) is 12.4 Å². The number of nitrogens with one attached hydrogen (secondary N) is 1. The van der Waals surface area contributed by atoms with E-state index < -0.39 is 0 Å². The lowest BCUT2D eigenvalue weighted by Crippen LogP contribution is -2.27. The molecule has 1 saturated carbocycles. The van der Waals surface area contributed by atoms with Crippen molar-refractivity contribution >= 4 is 29.3 Å². The first-order valence-corrected chi connectivity index (χ1v) is 10.8. The molecule has 8 heteroatoms. The molecule has 150 valence electrons. The summed E-state index contributed by atoms with van der Waals surface area (Å²) in [5.41, 5.74) is 1.02. The quantitative estimate of drug-likeness (QED) is 0.340. The highest BCUT2D eigenvalue weighted by Crippen LogP contribution is 2.23. The third-order valence-electron chi connectivity index (χ3n) is 4.32. The number of hydrogen-bond donors (Lipinski definition) is 1. The molecule has 1 heterocycles. The van der Waals surface area contributed by atoms with E-state index in [1.54, 1.807) is 0 Å². The van der Waals surface area contributed by atoms with Crippen LogP contribution in [0.25, 0.3) is 0 Å². The van der Waals surface area contributed by atoms with Gasteiger partial charge in [-0.3, -0.25) is 4.79 Å². The number of carbonyl (C=O) groups excluding carboxylic acids is 1. The number of hydrogen-bond acceptors (Lipinski definition) is 5. The van der Waals surface area contributed by atoms with Gasteiger partial charge >= 0.3 is 0 Å². The summed E-state index contributed by atoms with van der Waals surface area (Å²) in [6.45, 7) is 6.99. The van der Waals surface area contributed by atoms with Crippen LogP contribution in [0, 0.1) is 6.92 Å². The van der Waals surface area contributed by atoms with Crippen molar-refractivity contribution in [1.29, 1.82) is 0 Å². The maximum Gasteiger partial charge on any atom is 0.230 e. The molecule has 1 aliphatic rings. The van der Waals surface area contributed by atoms with Crippen LogP contribution in [0.4, 0.5) is 0 Å². The topological polar surface area (TPSA) is 69.0 Å². The first-order chi connectivity index (χ1) is 13.6. The summed E-state index contributed by atoms with van der Waals surface area (Å²) in [7, 11) is 0. The normalized spacial score (nSPS) is 13.4. The van der Waals surface area contributed by atoms with Gasteiger partial charge in [0.25, 0.3) is 0 Å². The van der Waals surface area contributed by atoms with Gasteiger partial charge in [-0.15, -0.1) is 16.8 Å². The molecule has 1 aliphatic carbocycles. The zero-order valence-corrected chi connectivity index (χ0v) is 17.6. The van der Waals surface area contributed by atoms with Crippen LogP contribution >= 0.6 is 23.4 Å². The highest BCUT2D eigenvalue weighted by atomic mass is 35.5. The van der Waals surface area contributed by atoms with E-state index in [2.05, 4.69) is 22.1 Å². The Hall–Kier alpha value is -1.99. The summed E-state index contributed by atoms with van der Waals surface area (Å²) >= 11 is 7.38. The maximum atomic E-state index is 11.9. The van der Waals surface area contributed by atoms with E-state index in [9.17, 15) is 4.79 Å². The smallest absolute Gasteiger partial charge is 0.230 e. The van der Waals surface area contributed by atoms with E-state index in [1.807, 2.05) is 35.8 Å². The van der Waals surface area contributed by atoms with E-state index in [-0.39, 0.29) is 5.91 Å². The fourth-order valence-corrected chi connectivity index (χ4v) is 3.74. The largest absolute Gasteiger partial charge is 0.493 e. The van der Waals surface area contributed by atoms with Crippen molar-refractivity contribution in [2.75, 3.05) is 12.4 Å². The molecule has 0 bridgehead atoms. The summed E-state index contributed by atoms with van der Waals surface area (Å²) in [6, 6.07) is 5.98. The second-order valence-electron chi connectivity index (χ2n) is 6.79. The van der Waals surface area contributed by atoms with Gasteiger partial charge in [-0.25, -0.2) is 0 Å². The minimum Gasteiger partial charge on any atom is -0.493 e. The lowest BCUT2D eigenvalue weighted by Gasteiger charge is -2.10. The average molecular weight is 421 g/mol. The summed E-state index contributed by atoms with van der Waals surface area (Å²) in [5, 5.41) is 13.0. The van der Waals surface area contributed by atoms with E-state index in [0.29, 0.717) is 30.0 Å². The molecule has 28 heavy (non-hydrogen) atoms. The van der Waals surface area contributed by atoms with Crippen molar-refractivity contribution in [3.05, 3.63) is 47.3 Å². The molecule has 1 aromatic carbocycles. The summed E-state index contributed by atoms with van der Waals surface area (Å²) in [5.74, 6) is 2.12. The molecule has 0 atom stereocenters. The molecule has 1 amide bonds. The third-order valence-corrected chi connectivity index (χ3v) is 5.52. The molecular formula is C20H25ClN4O2S. The molecule has 0 aliphatic heterocycles. The number of benzene rings is 1. The number of amides is 1. The van der Waals surface area contributed by atoms with Crippen molar-refractivity contribution in [1.82, 2.24) is 20.1 Å². The Morgan fingerprint density at radius 1 is 1.46 bits per heavy atom. The Bertz CT molecular complexity index is 836. The lowest BCUT2D eigenvalue weighted by molar-refractivity contribution is -0.118. The zero-order valence-electron chi connectivity index (χ0n) is 16.0. The van der Waals surface area contributed by atoms with Gasteiger partial charge < -0.3 is 14.6 Å². The van der Waals surface area contributed by atoms with Crippen LogP contribution < -0.4 is 10.1 Å². The SMILES string of the molecule is C=CCn1c(CCCOc2ccc(Cl)cc2C)nnc1SCC(=O)NC1CC1. The molecule has 0 spiro atoms. The number of ether oxygens (including phenoxy) is 1. The van der Waals surface area contributed by atoms with Crippen molar-refractivity contribution < 1.29 is 9.53 Å². The molecule has 1 N–H and O–H groups in total. The Morgan fingerprint density at radius 3 is 3.00 bits per heavy atom. The van der Waals surface area contributed by atoms with Crippen LogP contribution in [0.15, 0.2) is 36.0 Å².